The maximum atomic E-state index is 5.51. The van der Waals surface area contributed by atoms with Gasteiger partial charge in [-0.3, -0.25) is 9.98 Å². The first-order chi connectivity index (χ1) is 25.2. The Balaban J connectivity index is 1.18. The second-order valence-corrected chi connectivity index (χ2v) is 14.2. The standard InChI is InChI=1S/C49H46N2/c1-3-44(39-26-28-41(29-27-39)48-19-9-14-38-12-5-7-17-46(38)48)49(42-30-22-36(23-31-42)43-15-10-32-50-33-43)51-34(2)35-20-24-40(25-21-35)47-18-8-13-37-11-4-6-16-45(37)47/h5-7,9-10,12,14-17,19-20,22-24,26-33,37H,3-4,8,11,13,18,21,25H2,1-2H3/b49-44+,51-34?. The zero-order valence-electron chi connectivity index (χ0n) is 29.9. The van der Waals surface area contributed by atoms with E-state index >= 15 is 0 Å². The van der Waals surface area contributed by atoms with Crippen LogP contribution in [0.25, 0.3) is 44.3 Å². The summed E-state index contributed by atoms with van der Waals surface area (Å²) in [5.41, 5.74) is 16.6. The zero-order valence-corrected chi connectivity index (χ0v) is 29.9. The third kappa shape index (κ3) is 6.88. The van der Waals surface area contributed by atoms with Crippen LogP contribution in [-0.4, -0.2) is 10.7 Å². The first kappa shape index (κ1) is 32.8. The van der Waals surface area contributed by atoms with Crippen molar-refractivity contribution in [3.8, 4) is 22.3 Å². The van der Waals surface area contributed by atoms with Crippen LogP contribution in [0.4, 0.5) is 0 Å². The summed E-state index contributed by atoms with van der Waals surface area (Å²) in [5.74, 6) is 0.763. The summed E-state index contributed by atoms with van der Waals surface area (Å²) in [6.07, 6.45) is 22.8. The van der Waals surface area contributed by atoms with Crippen molar-refractivity contribution in [1.82, 2.24) is 4.98 Å². The van der Waals surface area contributed by atoms with Crippen molar-refractivity contribution in [2.24, 2.45) is 10.9 Å². The van der Waals surface area contributed by atoms with Crippen molar-refractivity contribution in [3.63, 3.8) is 0 Å². The van der Waals surface area contributed by atoms with E-state index in [1.165, 1.54) is 70.7 Å². The van der Waals surface area contributed by atoms with Gasteiger partial charge in [0.1, 0.15) is 0 Å². The van der Waals surface area contributed by atoms with Gasteiger partial charge in [-0.1, -0.05) is 128 Å². The number of aliphatic imine (C=N–C) groups is 1. The quantitative estimate of drug-likeness (QED) is 0.120. The summed E-state index contributed by atoms with van der Waals surface area (Å²) in [5, 5.41) is 2.54. The lowest BCUT2D eigenvalue weighted by molar-refractivity contribution is 0.470. The number of hydrogen-bond donors (Lipinski definition) is 0. The minimum Gasteiger partial charge on any atom is -0.264 e. The van der Waals surface area contributed by atoms with Gasteiger partial charge in [0.25, 0.3) is 0 Å². The molecule has 0 radical (unpaired) electrons. The van der Waals surface area contributed by atoms with Crippen molar-refractivity contribution in [2.75, 3.05) is 0 Å². The molecule has 252 valence electrons. The van der Waals surface area contributed by atoms with Gasteiger partial charge in [-0.2, -0.15) is 0 Å². The third-order valence-corrected chi connectivity index (χ3v) is 11.2. The Morgan fingerprint density at radius 1 is 0.745 bits per heavy atom. The number of fused-ring (bicyclic) bond motifs is 2. The van der Waals surface area contributed by atoms with Gasteiger partial charge in [0.2, 0.25) is 0 Å². The number of hydrogen-bond acceptors (Lipinski definition) is 2. The smallest absolute Gasteiger partial charge is 0.0743 e. The Morgan fingerprint density at radius 2 is 1.55 bits per heavy atom. The summed E-state index contributed by atoms with van der Waals surface area (Å²) < 4.78 is 0. The van der Waals surface area contributed by atoms with Crippen LogP contribution in [0.15, 0.2) is 167 Å². The Hall–Kier alpha value is -5.34. The van der Waals surface area contributed by atoms with Crippen LogP contribution in [-0.2, 0) is 0 Å². The molecule has 5 aromatic rings. The topological polar surface area (TPSA) is 25.2 Å². The molecule has 1 heterocycles. The molecule has 1 unspecified atom stereocenters. The summed E-state index contributed by atoms with van der Waals surface area (Å²) in [6, 6.07) is 37.3. The SMILES string of the molecule is CC/C(=C(\N=C(C)C1=CC=C(C2=C3C=CCCC3CCC2)CC1)c1ccc(-c2cccnc2)cc1)c1ccc(-c2cccc3ccccc23)cc1. The minimum absolute atomic E-state index is 0.763. The summed E-state index contributed by atoms with van der Waals surface area (Å²) >= 11 is 0. The van der Waals surface area contributed by atoms with Crippen LogP contribution in [0.5, 0.6) is 0 Å². The highest BCUT2D eigenvalue weighted by atomic mass is 14.8. The second kappa shape index (κ2) is 14.9. The van der Waals surface area contributed by atoms with Gasteiger partial charge in [-0.25, -0.2) is 0 Å². The maximum Gasteiger partial charge on any atom is 0.0743 e. The largest absolute Gasteiger partial charge is 0.264 e. The molecule has 3 aliphatic carbocycles. The number of nitrogens with zero attached hydrogens (tertiary/aromatic N) is 2. The second-order valence-electron chi connectivity index (χ2n) is 14.2. The molecule has 51 heavy (non-hydrogen) atoms. The van der Waals surface area contributed by atoms with Gasteiger partial charge in [0.15, 0.2) is 0 Å². The fraction of sp³-hybridized carbons (Fsp3) is 0.224. The van der Waals surface area contributed by atoms with Crippen molar-refractivity contribution < 1.29 is 0 Å². The van der Waals surface area contributed by atoms with Crippen LogP contribution in [0.2, 0.25) is 0 Å². The van der Waals surface area contributed by atoms with Gasteiger partial charge in [-0.05, 0) is 137 Å². The monoisotopic (exact) mass is 662 g/mol. The summed E-state index contributed by atoms with van der Waals surface area (Å²) in [7, 11) is 0. The van der Waals surface area contributed by atoms with E-state index in [-0.39, 0.29) is 0 Å². The van der Waals surface area contributed by atoms with E-state index in [1.54, 1.807) is 16.7 Å². The van der Waals surface area contributed by atoms with Crippen LogP contribution in [0.1, 0.15) is 76.3 Å². The Morgan fingerprint density at radius 3 is 2.33 bits per heavy atom. The molecule has 1 aromatic heterocycles. The fourth-order valence-corrected chi connectivity index (χ4v) is 8.39. The molecule has 0 aliphatic heterocycles. The molecule has 0 saturated carbocycles. The molecule has 0 amide bonds. The van der Waals surface area contributed by atoms with Crippen molar-refractivity contribution in [1.29, 1.82) is 0 Å². The minimum atomic E-state index is 0.763. The van der Waals surface area contributed by atoms with E-state index in [0.717, 1.165) is 53.3 Å². The normalized spacial score (nSPS) is 18.2. The highest BCUT2D eigenvalue weighted by molar-refractivity contribution is 6.05. The molecular formula is C49H46N2. The predicted octanol–water partition coefficient (Wildman–Crippen LogP) is 13.4. The van der Waals surface area contributed by atoms with Crippen molar-refractivity contribution in [2.45, 2.75) is 65.2 Å². The van der Waals surface area contributed by atoms with Gasteiger partial charge >= 0.3 is 0 Å². The highest BCUT2D eigenvalue weighted by Crippen LogP contribution is 2.42. The molecule has 3 aliphatic rings. The molecular weight excluding hydrogens is 617 g/mol. The molecule has 0 bridgehead atoms. The van der Waals surface area contributed by atoms with Gasteiger partial charge in [-0.15, -0.1) is 0 Å². The van der Waals surface area contributed by atoms with E-state index in [0.29, 0.717) is 0 Å². The predicted molar refractivity (Wildman–Crippen MR) is 217 cm³/mol. The number of allylic oxidation sites excluding steroid dienone is 9. The van der Waals surface area contributed by atoms with E-state index < -0.39 is 0 Å². The van der Waals surface area contributed by atoms with Crippen LogP contribution in [0.3, 0.4) is 0 Å². The number of rotatable bonds is 8. The lowest BCUT2D eigenvalue weighted by Crippen LogP contribution is -2.15. The molecule has 1 atom stereocenters. The van der Waals surface area contributed by atoms with Crippen molar-refractivity contribution in [3.05, 3.63) is 173 Å². The molecule has 8 rings (SSSR count). The van der Waals surface area contributed by atoms with E-state index in [1.807, 2.05) is 18.5 Å². The van der Waals surface area contributed by atoms with Crippen LogP contribution >= 0.6 is 0 Å². The average molecular weight is 663 g/mol. The number of benzene rings is 4. The van der Waals surface area contributed by atoms with Gasteiger partial charge in [0.05, 0.1) is 5.70 Å². The van der Waals surface area contributed by atoms with E-state index in [4.69, 9.17) is 4.99 Å². The van der Waals surface area contributed by atoms with Crippen molar-refractivity contribution >= 4 is 27.8 Å². The molecule has 0 fully saturated rings. The Kier molecular flexibility index (Phi) is 9.58. The number of aromatic nitrogens is 1. The summed E-state index contributed by atoms with van der Waals surface area (Å²) in [6.45, 7) is 4.46. The van der Waals surface area contributed by atoms with Crippen LogP contribution in [0, 0.1) is 5.92 Å². The molecule has 0 saturated heterocycles. The Bertz CT molecular complexity index is 2230. The first-order valence-corrected chi connectivity index (χ1v) is 18.8. The fourth-order valence-electron chi connectivity index (χ4n) is 8.39. The zero-order chi connectivity index (χ0) is 34.6. The first-order valence-electron chi connectivity index (χ1n) is 18.8. The van der Waals surface area contributed by atoms with Crippen LogP contribution < -0.4 is 0 Å². The molecule has 0 spiro atoms. The molecule has 2 heteroatoms. The number of pyridine rings is 1. The molecule has 2 nitrogen and oxygen atoms in total. The van der Waals surface area contributed by atoms with Gasteiger partial charge < -0.3 is 0 Å². The maximum absolute atomic E-state index is 5.51. The van der Waals surface area contributed by atoms with E-state index in [9.17, 15) is 0 Å². The molecule has 0 N–H and O–H groups in total. The molecule has 4 aromatic carbocycles. The van der Waals surface area contributed by atoms with E-state index in [2.05, 4.69) is 140 Å². The average Bonchev–Trinajstić information content (AvgIpc) is 3.21. The lowest BCUT2D eigenvalue weighted by atomic mass is 9.74. The van der Waals surface area contributed by atoms with Gasteiger partial charge in [0, 0.05) is 23.7 Å². The third-order valence-electron chi connectivity index (χ3n) is 11.2. The highest BCUT2D eigenvalue weighted by Gasteiger charge is 2.25. The Labute approximate surface area is 303 Å². The lowest BCUT2D eigenvalue weighted by Gasteiger charge is -2.31. The summed E-state index contributed by atoms with van der Waals surface area (Å²) in [4.78, 5) is 9.85.